The van der Waals surface area contributed by atoms with E-state index in [0.717, 1.165) is 0 Å². The van der Waals surface area contributed by atoms with E-state index >= 15 is 0 Å². The SMILES string of the molecule is Cc1cc2[nH]c(=O)c(=O)[nH]c2c([N+](=O)[O-])c1Cl. The molecular weight excluding hydrogens is 250 g/mol. The quantitative estimate of drug-likeness (QED) is 0.451. The molecule has 1 aromatic heterocycles. The number of fused-ring (bicyclic) bond motifs is 1. The Morgan fingerprint density at radius 2 is 1.88 bits per heavy atom. The van der Waals surface area contributed by atoms with E-state index in [0.29, 0.717) is 5.56 Å². The molecule has 0 radical (unpaired) electrons. The maximum absolute atomic E-state index is 11.1. The largest absolute Gasteiger partial charge is 0.316 e. The molecule has 0 saturated heterocycles. The van der Waals surface area contributed by atoms with Gasteiger partial charge < -0.3 is 9.97 Å². The number of halogens is 1. The Kier molecular flexibility index (Phi) is 2.47. The molecule has 8 heteroatoms. The first kappa shape index (κ1) is 11.3. The lowest BCUT2D eigenvalue weighted by Gasteiger charge is -2.03. The van der Waals surface area contributed by atoms with Gasteiger partial charge in [-0.2, -0.15) is 0 Å². The summed E-state index contributed by atoms with van der Waals surface area (Å²) in [4.78, 5) is 36.8. The van der Waals surface area contributed by atoms with Gasteiger partial charge in [0, 0.05) is 0 Å². The molecule has 0 amide bonds. The maximum Gasteiger partial charge on any atom is 0.314 e. The third kappa shape index (κ3) is 1.70. The Morgan fingerprint density at radius 3 is 2.47 bits per heavy atom. The minimum Gasteiger partial charge on any atom is -0.316 e. The third-order valence-corrected chi connectivity index (χ3v) is 2.77. The van der Waals surface area contributed by atoms with Crippen molar-refractivity contribution in [3.8, 4) is 0 Å². The zero-order chi connectivity index (χ0) is 12.7. The number of nitrogens with zero attached hydrogens (tertiary/aromatic N) is 1. The second kappa shape index (κ2) is 3.70. The molecule has 1 heterocycles. The van der Waals surface area contributed by atoms with E-state index in [2.05, 4.69) is 9.97 Å². The number of aryl methyl sites for hydroxylation is 1. The molecule has 0 saturated carbocycles. The van der Waals surface area contributed by atoms with Gasteiger partial charge in [-0.25, -0.2) is 0 Å². The van der Waals surface area contributed by atoms with E-state index < -0.39 is 21.7 Å². The van der Waals surface area contributed by atoms with Crippen LogP contribution in [0, 0.1) is 17.0 Å². The van der Waals surface area contributed by atoms with Gasteiger partial charge in [0.25, 0.3) is 0 Å². The highest BCUT2D eigenvalue weighted by atomic mass is 35.5. The number of nitrogens with one attached hydrogen (secondary N) is 2. The van der Waals surface area contributed by atoms with Crippen molar-refractivity contribution in [2.45, 2.75) is 6.92 Å². The lowest BCUT2D eigenvalue weighted by atomic mass is 10.2. The van der Waals surface area contributed by atoms with E-state index in [1.807, 2.05) is 0 Å². The van der Waals surface area contributed by atoms with Crippen LogP contribution in [0.3, 0.4) is 0 Å². The Morgan fingerprint density at radius 1 is 1.29 bits per heavy atom. The van der Waals surface area contributed by atoms with Gasteiger partial charge in [0.2, 0.25) is 0 Å². The van der Waals surface area contributed by atoms with Crippen LogP contribution in [0.25, 0.3) is 11.0 Å². The monoisotopic (exact) mass is 255 g/mol. The van der Waals surface area contributed by atoms with Crippen molar-refractivity contribution in [2.75, 3.05) is 0 Å². The number of aromatic amines is 2. The number of rotatable bonds is 1. The minimum atomic E-state index is -0.958. The predicted octanol–water partition coefficient (Wildman–Crippen LogP) is 1.09. The van der Waals surface area contributed by atoms with Crippen molar-refractivity contribution in [1.29, 1.82) is 0 Å². The molecule has 0 fully saturated rings. The Balaban J connectivity index is 3.09. The number of nitro benzene ring substituents is 1. The van der Waals surface area contributed by atoms with Gasteiger partial charge >= 0.3 is 16.8 Å². The second-order valence-corrected chi connectivity index (χ2v) is 3.82. The first-order valence-corrected chi connectivity index (χ1v) is 4.89. The lowest BCUT2D eigenvalue weighted by molar-refractivity contribution is -0.383. The molecule has 2 rings (SSSR count). The lowest BCUT2D eigenvalue weighted by Crippen LogP contribution is -2.29. The standard InChI is InChI=1S/C9H6ClN3O4/c1-3-2-4-6(7(5(3)10)13(16)17)12-9(15)8(14)11-4/h2H,1H3,(H,11,14)(H,12,15). The number of hydrogen-bond donors (Lipinski definition) is 2. The number of hydrogen-bond acceptors (Lipinski definition) is 4. The van der Waals surface area contributed by atoms with E-state index in [9.17, 15) is 19.7 Å². The highest BCUT2D eigenvalue weighted by molar-refractivity contribution is 6.34. The normalized spacial score (nSPS) is 10.7. The van der Waals surface area contributed by atoms with Crippen LogP contribution < -0.4 is 11.1 Å². The average molecular weight is 256 g/mol. The van der Waals surface area contributed by atoms with Crippen molar-refractivity contribution < 1.29 is 4.92 Å². The molecular formula is C9H6ClN3O4. The van der Waals surface area contributed by atoms with Crippen molar-refractivity contribution >= 4 is 28.3 Å². The summed E-state index contributed by atoms with van der Waals surface area (Å²) in [6, 6.07) is 1.46. The molecule has 7 nitrogen and oxygen atoms in total. The Bertz CT molecular complexity index is 746. The molecule has 0 atom stereocenters. The molecule has 0 bridgehead atoms. The summed E-state index contributed by atoms with van der Waals surface area (Å²) >= 11 is 5.80. The van der Waals surface area contributed by atoms with Crippen LogP contribution in [-0.4, -0.2) is 14.9 Å². The van der Waals surface area contributed by atoms with Crippen LogP contribution in [0.15, 0.2) is 15.7 Å². The van der Waals surface area contributed by atoms with E-state index in [4.69, 9.17) is 11.6 Å². The van der Waals surface area contributed by atoms with Gasteiger partial charge in [-0.1, -0.05) is 11.6 Å². The van der Waals surface area contributed by atoms with Crippen LogP contribution in [-0.2, 0) is 0 Å². The van der Waals surface area contributed by atoms with Crippen molar-refractivity contribution in [1.82, 2.24) is 9.97 Å². The molecule has 1 aromatic carbocycles. The number of benzene rings is 1. The van der Waals surface area contributed by atoms with Crippen LogP contribution in [0.4, 0.5) is 5.69 Å². The van der Waals surface area contributed by atoms with Crippen LogP contribution in [0.2, 0.25) is 5.02 Å². The smallest absolute Gasteiger partial charge is 0.314 e. The minimum absolute atomic E-state index is 0.0646. The second-order valence-electron chi connectivity index (χ2n) is 3.44. The first-order chi connectivity index (χ1) is 7.91. The fourth-order valence-electron chi connectivity index (χ4n) is 1.52. The average Bonchev–Trinajstić information content (AvgIpc) is 2.23. The van der Waals surface area contributed by atoms with Crippen molar-refractivity contribution in [3.05, 3.63) is 47.5 Å². The summed E-state index contributed by atoms with van der Waals surface area (Å²) in [5, 5.41) is 10.8. The molecule has 88 valence electrons. The summed E-state index contributed by atoms with van der Waals surface area (Å²) in [5.74, 6) is 0. The van der Waals surface area contributed by atoms with Crippen LogP contribution >= 0.6 is 11.6 Å². The topological polar surface area (TPSA) is 109 Å². The Hall–Kier alpha value is -2.15. The summed E-state index contributed by atoms with van der Waals surface area (Å²) < 4.78 is 0. The zero-order valence-corrected chi connectivity index (χ0v) is 9.29. The molecule has 0 aliphatic rings. The van der Waals surface area contributed by atoms with Gasteiger partial charge in [0.1, 0.15) is 10.5 Å². The molecule has 2 N–H and O–H groups in total. The predicted molar refractivity (Wildman–Crippen MR) is 61.6 cm³/mol. The summed E-state index contributed by atoms with van der Waals surface area (Å²) in [6.07, 6.45) is 0. The van der Waals surface area contributed by atoms with E-state index in [1.54, 1.807) is 6.92 Å². The molecule has 0 unspecified atom stereocenters. The Labute approximate surface area is 98.2 Å². The molecule has 0 spiro atoms. The fourth-order valence-corrected chi connectivity index (χ4v) is 1.74. The third-order valence-electron chi connectivity index (χ3n) is 2.30. The van der Waals surface area contributed by atoms with Crippen LogP contribution in [0.1, 0.15) is 5.56 Å². The van der Waals surface area contributed by atoms with E-state index in [-0.39, 0.29) is 16.1 Å². The fraction of sp³-hybridized carbons (Fsp3) is 0.111. The van der Waals surface area contributed by atoms with Gasteiger partial charge in [-0.05, 0) is 18.6 Å². The molecule has 0 aliphatic heterocycles. The maximum atomic E-state index is 11.1. The van der Waals surface area contributed by atoms with Gasteiger partial charge in [0.15, 0.2) is 0 Å². The molecule has 0 aliphatic carbocycles. The molecule has 17 heavy (non-hydrogen) atoms. The van der Waals surface area contributed by atoms with Crippen molar-refractivity contribution in [3.63, 3.8) is 0 Å². The van der Waals surface area contributed by atoms with E-state index in [1.165, 1.54) is 6.07 Å². The highest BCUT2D eigenvalue weighted by Crippen LogP contribution is 2.32. The summed E-state index contributed by atoms with van der Waals surface area (Å²) in [6.45, 7) is 1.57. The van der Waals surface area contributed by atoms with Gasteiger partial charge in [0.05, 0.1) is 10.4 Å². The summed E-state index contributed by atoms with van der Waals surface area (Å²) in [7, 11) is 0. The number of H-pyrrole nitrogens is 2. The molecule has 2 aromatic rings. The van der Waals surface area contributed by atoms with Gasteiger partial charge in [-0.3, -0.25) is 19.7 Å². The first-order valence-electron chi connectivity index (χ1n) is 4.51. The summed E-state index contributed by atoms with van der Waals surface area (Å²) in [5.41, 5.74) is -1.73. The highest BCUT2D eigenvalue weighted by Gasteiger charge is 2.21. The number of aromatic nitrogens is 2. The van der Waals surface area contributed by atoms with Gasteiger partial charge in [-0.15, -0.1) is 0 Å². The van der Waals surface area contributed by atoms with Crippen LogP contribution in [0.5, 0.6) is 0 Å². The number of nitro groups is 1. The zero-order valence-electron chi connectivity index (χ0n) is 8.54. The van der Waals surface area contributed by atoms with Crippen molar-refractivity contribution in [2.24, 2.45) is 0 Å².